The number of benzene rings is 1. The molecule has 0 amide bonds. The van der Waals surface area contributed by atoms with Crippen molar-refractivity contribution >= 4 is 24.4 Å². The second-order valence-corrected chi connectivity index (χ2v) is 5.71. The van der Waals surface area contributed by atoms with Crippen LogP contribution in [0.3, 0.4) is 0 Å². The van der Waals surface area contributed by atoms with Crippen LogP contribution < -0.4 is 0 Å². The maximum absolute atomic E-state index is 4.36. The van der Waals surface area contributed by atoms with Gasteiger partial charge in [0.15, 0.2) is 0 Å². The first-order valence-electron chi connectivity index (χ1n) is 4.84. The SMILES string of the molecule is Cc1ccccc1SCC(C)(C)CS. The highest BCUT2D eigenvalue weighted by atomic mass is 32.2. The standard InChI is InChI=1S/C12H18S2/c1-10-6-4-5-7-11(10)14-9-12(2,3)8-13/h4-7,13H,8-9H2,1-3H3. The summed E-state index contributed by atoms with van der Waals surface area (Å²) in [5.74, 6) is 2.06. The first-order chi connectivity index (χ1) is 6.55. The van der Waals surface area contributed by atoms with Gasteiger partial charge in [0.2, 0.25) is 0 Å². The van der Waals surface area contributed by atoms with E-state index in [2.05, 4.69) is 57.7 Å². The topological polar surface area (TPSA) is 0 Å². The summed E-state index contributed by atoms with van der Waals surface area (Å²) in [6.45, 7) is 6.67. The summed E-state index contributed by atoms with van der Waals surface area (Å²) in [4.78, 5) is 1.39. The van der Waals surface area contributed by atoms with E-state index in [1.165, 1.54) is 10.5 Å². The van der Waals surface area contributed by atoms with Crippen LogP contribution in [0.2, 0.25) is 0 Å². The third-order valence-electron chi connectivity index (χ3n) is 2.14. The molecule has 0 saturated carbocycles. The predicted molar refractivity (Wildman–Crippen MR) is 69.5 cm³/mol. The first-order valence-corrected chi connectivity index (χ1v) is 6.46. The first kappa shape index (κ1) is 12.0. The molecule has 0 radical (unpaired) electrons. The van der Waals surface area contributed by atoms with Crippen LogP contribution in [-0.2, 0) is 0 Å². The van der Waals surface area contributed by atoms with Gasteiger partial charge in [-0.3, -0.25) is 0 Å². The van der Waals surface area contributed by atoms with Crippen LogP contribution >= 0.6 is 24.4 Å². The van der Waals surface area contributed by atoms with Crippen molar-refractivity contribution in [1.82, 2.24) is 0 Å². The highest BCUT2D eigenvalue weighted by Crippen LogP contribution is 2.29. The molecule has 0 aliphatic rings. The molecular formula is C12H18S2. The van der Waals surface area contributed by atoms with Gasteiger partial charge in [-0.25, -0.2) is 0 Å². The van der Waals surface area contributed by atoms with Gasteiger partial charge in [0.25, 0.3) is 0 Å². The minimum atomic E-state index is 0.316. The Morgan fingerprint density at radius 3 is 2.50 bits per heavy atom. The van der Waals surface area contributed by atoms with Crippen molar-refractivity contribution in [2.45, 2.75) is 25.7 Å². The van der Waals surface area contributed by atoms with Gasteiger partial charge >= 0.3 is 0 Å². The number of hydrogen-bond acceptors (Lipinski definition) is 2. The average molecular weight is 226 g/mol. The zero-order chi connectivity index (χ0) is 10.6. The lowest BCUT2D eigenvalue weighted by molar-refractivity contribution is 0.493. The van der Waals surface area contributed by atoms with Gasteiger partial charge < -0.3 is 0 Å². The van der Waals surface area contributed by atoms with Crippen LogP contribution in [0.15, 0.2) is 29.2 Å². The molecule has 0 fully saturated rings. The van der Waals surface area contributed by atoms with Gasteiger partial charge in [0.05, 0.1) is 0 Å². The second-order valence-electron chi connectivity index (χ2n) is 4.38. The molecule has 0 heterocycles. The molecule has 0 aliphatic heterocycles. The van der Waals surface area contributed by atoms with Gasteiger partial charge in [-0.15, -0.1) is 11.8 Å². The molecule has 2 heteroatoms. The average Bonchev–Trinajstić information content (AvgIpc) is 2.17. The van der Waals surface area contributed by atoms with Crippen molar-refractivity contribution in [2.75, 3.05) is 11.5 Å². The molecule has 1 aromatic rings. The zero-order valence-electron chi connectivity index (χ0n) is 9.08. The molecule has 0 aromatic heterocycles. The zero-order valence-corrected chi connectivity index (χ0v) is 10.8. The summed E-state index contributed by atoms with van der Waals surface area (Å²) in [5, 5.41) is 0. The van der Waals surface area contributed by atoms with E-state index >= 15 is 0 Å². The van der Waals surface area contributed by atoms with E-state index < -0.39 is 0 Å². The van der Waals surface area contributed by atoms with Crippen molar-refractivity contribution in [3.63, 3.8) is 0 Å². The van der Waals surface area contributed by atoms with E-state index in [9.17, 15) is 0 Å². The highest BCUT2D eigenvalue weighted by Gasteiger charge is 2.16. The quantitative estimate of drug-likeness (QED) is 0.597. The molecule has 14 heavy (non-hydrogen) atoms. The second kappa shape index (κ2) is 5.13. The normalized spacial score (nSPS) is 11.7. The third-order valence-corrected chi connectivity index (χ3v) is 4.69. The van der Waals surface area contributed by atoms with Crippen LogP contribution in [0.1, 0.15) is 19.4 Å². The molecule has 0 aliphatic carbocycles. The van der Waals surface area contributed by atoms with Crippen LogP contribution in [0, 0.1) is 12.3 Å². The summed E-state index contributed by atoms with van der Waals surface area (Å²) in [5.41, 5.74) is 1.68. The van der Waals surface area contributed by atoms with E-state index in [0.29, 0.717) is 5.41 Å². The van der Waals surface area contributed by atoms with Crippen molar-refractivity contribution in [3.05, 3.63) is 29.8 Å². The lowest BCUT2D eigenvalue weighted by atomic mass is 10.0. The maximum Gasteiger partial charge on any atom is 0.0101 e. The van der Waals surface area contributed by atoms with E-state index in [-0.39, 0.29) is 0 Å². The number of thiol groups is 1. The number of thioether (sulfide) groups is 1. The summed E-state index contributed by atoms with van der Waals surface area (Å²) < 4.78 is 0. The molecule has 1 aromatic carbocycles. The number of aryl methyl sites for hydroxylation is 1. The van der Waals surface area contributed by atoms with Gasteiger partial charge in [-0.05, 0) is 29.7 Å². The number of hydrogen-bond donors (Lipinski definition) is 1. The molecule has 0 nitrogen and oxygen atoms in total. The molecule has 0 N–H and O–H groups in total. The van der Waals surface area contributed by atoms with Crippen LogP contribution in [-0.4, -0.2) is 11.5 Å². The highest BCUT2D eigenvalue weighted by molar-refractivity contribution is 7.99. The number of rotatable bonds is 4. The van der Waals surface area contributed by atoms with Crippen LogP contribution in [0.25, 0.3) is 0 Å². The Labute approximate surface area is 96.9 Å². The van der Waals surface area contributed by atoms with Crippen molar-refractivity contribution in [1.29, 1.82) is 0 Å². The Morgan fingerprint density at radius 1 is 1.29 bits per heavy atom. The van der Waals surface area contributed by atoms with Gasteiger partial charge in [-0.2, -0.15) is 12.6 Å². The van der Waals surface area contributed by atoms with Crippen molar-refractivity contribution in [3.8, 4) is 0 Å². The lowest BCUT2D eigenvalue weighted by Crippen LogP contribution is -2.16. The van der Waals surface area contributed by atoms with Crippen molar-refractivity contribution < 1.29 is 0 Å². The molecule has 0 unspecified atom stereocenters. The Hall–Kier alpha value is -0.0800. The fourth-order valence-corrected chi connectivity index (χ4v) is 2.42. The summed E-state index contributed by atoms with van der Waals surface area (Å²) in [6.07, 6.45) is 0. The smallest absolute Gasteiger partial charge is 0.0101 e. The fraction of sp³-hybridized carbons (Fsp3) is 0.500. The van der Waals surface area contributed by atoms with E-state index in [4.69, 9.17) is 0 Å². The Bertz CT molecular complexity index is 292. The Kier molecular flexibility index (Phi) is 4.39. The van der Waals surface area contributed by atoms with Gasteiger partial charge in [-0.1, -0.05) is 32.0 Å². The molecule has 0 bridgehead atoms. The third kappa shape index (κ3) is 3.58. The minimum Gasteiger partial charge on any atom is -0.179 e. The molecule has 0 saturated heterocycles. The summed E-state index contributed by atoms with van der Waals surface area (Å²) in [7, 11) is 0. The van der Waals surface area contributed by atoms with E-state index in [1.807, 2.05) is 11.8 Å². The summed E-state index contributed by atoms with van der Waals surface area (Å²) in [6, 6.07) is 8.54. The predicted octanol–water partition coefficient (Wildman–Crippen LogP) is 4.04. The van der Waals surface area contributed by atoms with E-state index in [0.717, 1.165) is 11.5 Å². The molecule has 0 spiro atoms. The van der Waals surface area contributed by atoms with Crippen LogP contribution in [0.5, 0.6) is 0 Å². The van der Waals surface area contributed by atoms with Crippen LogP contribution in [0.4, 0.5) is 0 Å². The Balaban J connectivity index is 2.58. The molecular weight excluding hydrogens is 208 g/mol. The monoisotopic (exact) mass is 226 g/mol. The maximum atomic E-state index is 4.36. The molecule has 1 rings (SSSR count). The largest absolute Gasteiger partial charge is 0.179 e. The van der Waals surface area contributed by atoms with E-state index in [1.54, 1.807) is 0 Å². The lowest BCUT2D eigenvalue weighted by Gasteiger charge is -2.21. The van der Waals surface area contributed by atoms with Crippen molar-refractivity contribution in [2.24, 2.45) is 5.41 Å². The minimum absolute atomic E-state index is 0.316. The Morgan fingerprint density at radius 2 is 1.93 bits per heavy atom. The van der Waals surface area contributed by atoms with Gasteiger partial charge in [0.1, 0.15) is 0 Å². The molecule has 78 valence electrons. The van der Waals surface area contributed by atoms with Gasteiger partial charge in [0, 0.05) is 10.6 Å². The molecule has 0 atom stereocenters. The fourth-order valence-electron chi connectivity index (χ4n) is 1.04. The summed E-state index contributed by atoms with van der Waals surface area (Å²) >= 11 is 6.29.